The molecule has 21 heavy (non-hydrogen) atoms. The third-order valence-electron chi connectivity index (χ3n) is 6.57. The Bertz CT molecular complexity index is 593. The first-order valence-corrected chi connectivity index (χ1v) is 8.01. The molecular formula is C18H26N2O. The van der Waals surface area contributed by atoms with Gasteiger partial charge in [0.2, 0.25) is 0 Å². The predicted molar refractivity (Wildman–Crippen MR) is 84.2 cm³/mol. The van der Waals surface area contributed by atoms with E-state index in [0.717, 1.165) is 23.7 Å². The van der Waals surface area contributed by atoms with Crippen LogP contribution in [0.5, 0.6) is 0 Å². The van der Waals surface area contributed by atoms with Crippen molar-refractivity contribution in [2.45, 2.75) is 59.9 Å². The standard InChI is InChI=1S/C18H26N2O/c1-11-6-7-14(12(2)19-11)16(21)20-15-10-13-8-9-18(15,5)17(13,3)4/h6-7,13,15H,8-10H2,1-5H3,(H,20,21). The number of carbonyl (C=O) groups is 1. The molecule has 3 unspecified atom stereocenters. The molecule has 1 aromatic rings. The highest BCUT2D eigenvalue weighted by Crippen LogP contribution is 2.65. The smallest absolute Gasteiger partial charge is 0.253 e. The first-order chi connectivity index (χ1) is 9.75. The molecule has 0 spiro atoms. The van der Waals surface area contributed by atoms with Crippen LogP contribution >= 0.6 is 0 Å². The van der Waals surface area contributed by atoms with Crippen LogP contribution in [0.4, 0.5) is 0 Å². The van der Waals surface area contributed by atoms with Gasteiger partial charge >= 0.3 is 0 Å². The van der Waals surface area contributed by atoms with Gasteiger partial charge in [-0.05, 0) is 62.0 Å². The van der Waals surface area contributed by atoms with Crippen molar-refractivity contribution in [3.63, 3.8) is 0 Å². The molecule has 1 heterocycles. The number of hydrogen-bond acceptors (Lipinski definition) is 2. The van der Waals surface area contributed by atoms with Gasteiger partial charge < -0.3 is 5.32 Å². The topological polar surface area (TPSA) is 42.0 Å². The number of hydrogen-bond donors (Lipinski definition) is 1. The predicted octanol–water partition coefficient (Wildman–Crippen LogP) is 3.64. The quantitative estimate of drug-likeness (QED) is 0.902. The first kappa shape index (κ1) is 14.6. The zero-order valence-corrected chi connectivity index (χ0v) is 13.8. The van der Waals surface area contributed by atoms with Crippen molar-refractivity contribution < 1.29 is 4.79 Å². The number of pyridine rings is 1. The summed E-state index contributed by atoms with van der Waals surface area (Å²) < 4.78 is 0. The average molecular weight is 286 g/mol. The molecule has 2 saturated carbocycles. The summed E-state index contributed by atoms with van der Waals surface area (Å²) in [6.07, 6.45) is 3.65. The van der Waals surface area contributed by atoms with Crippen LogP contribution in [0.25, 0.3) is 0 Å². The van der Waals surface area contributed by atoms with E-state index in [1.54, 1.807) is 0 Å². The molecule has 0 radical (unpaired) electrons. The number of aromatic nitrogens is 1. The summed E-state index contributed by atoms with van der Waals surface area (Å²) >= 11 is 0. The lowest BCUT2D eigenvalue weighted by Gasteiger charge is -2.39. The van der Waals surface area contributed by atoms with Crippen LogP contribution < -0.4 is 5.32 Å². The Kier molecular flexibility index (Phi) is 3.16. The second-order valence-electron chi connectivity index (χ2n) is 7.72. The van der Waals surface area contributed by atoms with Crippen molar-refractivity contribution in [1.29, 1.82) is 0 Å². The third kappa shape index (κ3) is 2.01. The molecule has 1 N–H and O–H groups in total. The number of amides is 1. The second kappa shape index (κ2) is 4.56. The number of aryl methyl sites for hydroxylation is 2. The van der Waals surface area contributed by atoms with E-state index >= 15 is 0 Å². The Labute approximate surface area is 127 Å². The molecule has 3 atom stereocenters. The molecule has 3 nitrogen and oxygen atoms in total. The molecule has 2 aliphatic carbocycles. The summed E-state index contributed by atoms with van der Waals surface area (Å²) in [5.74, 6) is 0.777. The normalized spacial score (nSPS) is 33.2. The van der Waals surface area contributed by atoms with Crippen molar-refractivity contribution in [3.8, 4) is 0 Å². The molecule has 1 aromatic heterocycles. The Morgan fingerprint density at radius 1 is 1.29 bits per heavy atom. The molecule has 2 aliphatic rings. The second-order valence-corrected chi connectivity index (χ2v) is 7.72. The van der Waals surface area contributed by atoms with Crippen LogP contribution in [-0.4, -0.2) is 16.9 Å². The lowest BCUT2D eigenvalue weighted by Crippen LogP contribution is -2.47. The Morgan fingerprint density at radius 2 is 2.00 bits per heavy atom. The van der Waals surface area contributed by atoms with Gasteiger partial charge in [-0.1, -0.05) is 20.8 Å². The molecular weight excluding hydrogens is 260 g/mol. The highest BCUT2D eigenvalue weighted by Gasteiger charge is 2.61. The third-order valence-corrected chi connectivity index (χ3v) is 6.57. The van der Waals surface area contributed by atoms with E-state index in [9.17, 15) is 4.79 Å². The van der Waals surface area contributed by atoms with Gasteiger partial charge in [0.1, 0.15) is 0 Å². The van der Waals surface area contributed by atoms with Gasteiger partial charge in [0.15, 0.2) is 0 Å². The van der Waals surface area contributed by atoms with Gasteiger partial charge in [-0.25, -0.2) is 0 Å². The average Bonchev–Trinajstić information content (AvgIpc) is 2.71. The van der Waals surface area contributed by atoms with E-state index in [2.05, 4.69) is 31.1 Å². The summed E-state index contributed by atoms with van der Waals surface area (Å²) in [5.41, 5.74) is 3.03. The lowest BCUT2D eigenvalue weighted by molar-refractivity contribution is 0.0825. The number of nitrogens with one attached hydrogen (secondary N) is 1. The van der Waals surface area contributed by atoms with Crippen molar-refractivity contribution in [1.82, 2.24) is 10.3 Å². The van der Waals surface area contributed by atoms with Crippen molar-refractivity contribution in [2.75, 3.05) is 0 Å². The fraction of sp³-hybridized carbons (Fsp3) is 0.667. The maximum atomic E-state index is 12.6. The van der Waals surface area contributed by atoms with Gasteiger partial charge in [-0.15, -0.1) is 0 Å². The number of fused-ring (bicyclic) bond motifs is 2. The number of carbonyl (C=O) groups excluding carboxylic acids is 1. The van der Waals surface area contributed by atoms with Crippen molar-refractivity contribution >= 4 is 5.91 Å². The molecule has 0 saturated heterocycles. The van der Waals surface area contributed by atoms with E-state index in [1.165, 1.54) is 12.8 Å². The molecule has 0 aliphatic heterocycles. The van der Waals surface area contributed by atoms with Gasteiger partial charge in [0.05, 0.1) is 11.3 Å². The summed E-state index contributed by atoms with van der Waals surface area (Å²) in [7, 11) is 0. The fourth-order valence-electron chi connectivity index (χ4n) is 4.58. The first-order valence-electron chi connectivity index (χ1n) is 8.01. The summed E-state index contributed by atoms with van der Waals surface area (Å²) in [6, 6.07) is 4.10. The Morgan fingerprint density at radius 3 is 2.52 bits per heavy atom. The zero-order valence-electron chi connectivity index (χ0n) is 13.8. The van der Waals surface area contributed by atoms with Crippen molar-refractivity contribution in [3.05, 3.63) is 29.1 Å². The minimum atomic E-state index is 0.0366. The van der Waals surface area contributed by atoms with Gasteiger partial charge in [0, 0.05) is 11.7 Å². The number of rotatable bonds is 2. The summed E-state index contributed by atoms with van der Waals surface area (Å²) in [5, 5.41) is 3.30. The maximum Gasteiger partial charge on any atom is 0.253 e. The van der Waals surface area contributed by atoms with E-state index in [1.807, 2.05) is 26.0 Å². The van der Waals surface area contributed by atoms with Crippen LogP contribution in [0.3, 0.4) is 0 Å². The Balaban J connectivity index is 1.80. The van der Waals surface area contributed by atoms with Crippen molar-refractivity contribution in [2.24, 2.45) is 16.7 Å². The molecule has 3 rings (SSSR count). The highest BCUT2D eigenvalue weighted by atomic mass is 16.1. The molecule has 114 valence electrons. The van der Waals surface area contributed by atoms with E-state index in [-0.39, 0.29) is 11.3 Å². The largest absolute Gasteiger partial charge is 0.349 e. The van der Waals surface area contributed by atoms with E-state index in [0.29, 0.717) is 17.0 Å². The van der Waals surface area contributed by atoms with Gasteiger partial charge in [0.25, 0.3) is 5.91 Å². The van der Waals surface area contributed by atoms with Crippen LogP contribution in [0, 0.1) is 30.6 Å². The summed E-state index contributed by atoms with van der Waals surface area (Å²) in [4.78, 5) is 17.0. The highest BCUT2D eigenvalue weighted by molar-refractivity contribution is 5.95. The van der Waals surface area contributed by atoms with Crippen LogP contribution in [0.15, 0.2) is 12.1 Å². The molecule has 3 heteroatoms. The monoisotopic (exact) mass is 286 g/mol. The minimum absolute atomic E-state index is 0.0366. The summed E-state index contributed by atoms with van der Waals surface area (Å²) in [6.45, 7) is 11.0. The fourth-order valence-corrected chi connectivity index (χ4v) is 4.58. The molecule has 1 amide bonds. The Hall–Kier alpha value is -1.38. The molecule has 0 aromatic carbocycles. The minimum Gasteiger partial charge on any atom is -0.349 e. The van der Waals surface area contributed by atoms with E-state index in [4.69, 9.17) is 0 Å². The SMILES string of the molecule is Cc1ccc(C(=O)NC2CC3CCC2(C)C3(C)C)c(C)n1. The molecule has 2 bridgehead atoms. The van der Waals surface area contributed by atoms with Crippen LogP contribution in [0.1, 0.15) is 61.8 Å². The lowest BCUT2D eigenvalue weighted by atomic mass is 9.69. The molecule has 2 fully saturated rings. The zero-order chi connectivity index (χ0) is 15.4. The maximum absolute atomic E-state index is 12.6. The van der Waals surface area contributed by atoms with Gasteiger partial charge in [-0.2, -0.15) is 0 Å². The number of nitrogens with zero attached hydrogens (tertiary/aromatic N) is 1. The van der Waals surface area contributed by atoms with Gasteiger partial charge in [-0.3, -0.25) is 9.78 Å². The van der Waals surface area contributed by atoms with Crippen LogP contribution in [0.2, 0.25) is 0 Å². The van der Waals surface area contributed by atoms with Crippen LogP contribution in [-0.2, 0) is 0 Å². The van der Waals surface area contributed by atoms with E-state index < -0.39 is 0 Å².